The van der Waals surface area contributed by atoms with E-state index in [1.807, 2.05) is 0 Å². The lowest BCUT2D eigenvalue weighted by molar-refractivity contribution is -0.143. The molecule has 2 N–H and O–H groups in total. The molecule has 0 aromatic rings. The molecule has 0 aromatic carbocycles. The maximum atomic E-state index is 12.1. The molecule has 0 radical (unpaired) electrons. The molecule has 0 aliphatic rings. The zero-order valence-corrected chi connectivity index (χ0v) is 12.2. The van der Waals surface area contributed by atoms with Gasteiger partial charge in [-0.2, -0.15) is 0 Å². The zero-order chi connectivity index (χ0) is 14.9. The third kappa shape index (κ3) is 6.00. The summed E-state index contributed by atoms with van der Waals surface area (Å²) in [7, 11) is -3.25. The van der Waals surface area contributed by atoms with E-state index in [4.69, 9.17) is 14.2 Å². The summed E-state index contributed by atoms with van der Waals surface area (Å²) in [5.41, 5.74) is -1.55. The van der Waals surface area contributed by atoms with Crippen LogP contribution in [0.4, 0.5) is 0 Å². The van der Waals surface area contributed by atoms with Crippen molar-refractivity contribution in [2.75, 3.05) is 19.4 Å². The highest BCUT2D eigenvalue weighted by molar-refractivity contribution is 7.54. The standard InChI is InChI=1S/C11H20NO6P/c1-4-17-19(16,18-5-2)8-6-7-11(3,10(14)15)12-9-13/h6-7,9H,4-5,8H2,1-3H3,(H,12,13)(H,14,15)/b7-6+. The number of hydrogen-bond donors (Lipinski definition) is 2. The molecule has 110 valence electrons. The highest BCUT2D eigenvalue weighted by Crippen LogP contribution is 2.47. The first kappa shape index (κ1) is 17.8. The molecule has 7 nitrogen and oxygen atoms in total. The van der Waals surface area contributed by atoms with Crippen LogP contribution in [0.25, 0.3) is 0 Å². The summed E-state index contributed by atoms with van der Waals surface area (Å²) >= 11 is 0. The molecule has 0 rings (SSSR count). The minimum absolute atomic E-state index is 0.0575. The van der Waals surface area contributed by atoms with Gasteiger partial charge in [-0.05, 0) is 20.8 Å². The Morgan fingerprint density at radius 3 is 2.26 bits per heavy atom. The number of aliphatic carboxylic acids is 1. The van der Waals surface area contributed by atoms with Crippen LogP contribution >= 0.6 is 7.60 Å². The van der Waals surface area contributed by atoms with Crippen molar-refractivity contribution in [2.45, 2.75) is 26.3 Å². The number of hydrogen-bond acceptors (Lipinski definition) is 5. The van der Waals surface area contributed by atoms with E-state index in [1.54, 1.807) is 13.8 Å². The van der Waals surface area contributed by atoms with Crippen LogP contribution in [0.1, 0.15) is 20.8 Å². The minimum atomic E-state index is -3.25. The first-order chi connectivity index (χ1) is 8.83. The molecule has 0 fully saturated rings. The second-order valence-corrected chi connectivity index (χ2v) is 5.90. The van der Waals surface area contributed by atoms with Crippen LogP contribution in [-0.4, -0.2) is 42.4 Å². The van der Waals surface area contributed by atoms with Gasteiger partial charge >= 0.3 is 13.6 Å². The van der Waals surface area contributed by atoms with E-state index in [2.05, 4.69) is 5.32 Å². The normalized spacial score (nSPS) is 15.1. The molecule has 0 saturated heterocycles. The maximum Gasteiger partial charge on any atom is 0.334 e. The Morgan fingerprint density at radius 1 is 1.37 bits per heavy atom. The average Bonchev–Trinajstić information content (AvgIpc) is 2.29. The van der Waals surface area contributed by atoms with Crippen molar-refractivity contribution in [1.82, 2.24) is 5.32 Å². The number of carbonyl (C=O) groups is 2. The van der Waals surface area contributed by atoms with Crippen molar-refractivity contribution in [2.24, 2.45) is 0 Å². The van der Waals surface area contributed by atoms with Crippen LogP contribution in [0.3, 0.4) is 0 Å². The third-order valence-electron chi connectivity index (χ3n) is 2.23. The van der Waals surface area contributed by atoms with Crippen molar-refractivity contribution in [3.8, 4) is 0 Å². The number of carboxylic acids is 1. The van der Waals surface area contributed by atoms with E-state index in [0.717, 1.165) is 0 Å². The third-order valence-corrected chi connectivity index (χ3v) is 4.20. The molecule has 1 amide bonds. The fourth-order valence-electron chi connectivity index (χ4n) is 1.26. The molecule has 0 saturated carbocycles. The van der Waals surface area contributed by atoms with Crippen molar-refractivity contribution in [3.63, 3.8) is 0 Å². The average molecular weight is 293 g/mol. The van der Waals surface area contributed by atoms with Crippen LogP contribution in [0.15, 0.2) is 12.2 Å². The lowest BCUT2D eigenvalue weighted by Gasteiger charge is -2.20. The van der Waals surface area contributed by atoms with Gasteiger partial charge in [-0.25, -0.2) is 4.79 Å². The number of rotatable bonds is 10. The number of allylic oxidation sites excluding steroid dienone is 1. The van der Waals surface area contributed by atoms with E-state index >= 15 is 0 Å². The van der Waals surface area contributed by atoms with Crippen molar-refractivity contribution in [1.29, 1.82) is 0 Å². The molecule has 0 bridgehead atoms. The van der Waals surface area contributed by atoms with E-state index in [1.165, 1.54) is 19.1 Å². The van der Waals surface area contributed by atoms with E-state index in [9.17, 15) is 14.2 Å². The monoisotopic (exact) mass is 293 g/mol. The number of carboxylic acid groups (broad SMARTS) is 1. The number of nitrogens with one attached hydrogen (secondary N) is 1. The topological polar surface area (TPSA) is 102 Å². The second kappa shape index (κ2) is 8.09. The molecule has 0 aromatic heterocycles. The second-order valence-electron chi connectivity index (χ2n) is 3.80. The molecule has 0 aliphatic heterocycles. The van der Waals surface area contributed by atoms with Gasteiger partial charge in [0.05, 0.1) is 19.4 Å². The van der Waals surface area contributed by atoms with Gasteiger partial charge < -0.3 is 19.5 Å². The Morgan fingerprint density at radius 2 is 1.89 bits per heavy atom. The number of amides is 1. The largest absolute Gasteiger partial charge is 0.479 e. The van der Waals surface area contributed by atoms with Gasteiger partial charge in [-0.1, -0.05) is 12.2 Å². The van der Waals surface area contributed by atoms with Gasteiger partial charge in [0.1, 0.15) is 0 Å². The summed E-state index contributed by atoms with van der Waals surface area (Å²) in [6.07, 6.45) is 2.85. The predicted octanol–water partition coefficient (Wildman–Crippen LogP) is 1.40. The van der Waals surface area contributed by atoms with E-state index in [-0.39, 0.29) is 19.4 Å². The lowest BCUT2D eigenvalue weighted by atomic mass is 10.0. The van der Waals surface area contributed by atoms with Gasteiger partial charge in [0.15, 0.2) is 5.54 Å². The fourth-order valence-corrected chi connectivity index (χ4v) is 2.69. The highest BCUT2D eigenvalue weighted by atomic mass is 31.2. The Bertz CT molecular complexity index is 373. The van der Waals surface area contributed by atoms with E-state index in [0.29, 0.717) is 6.41 Å². The van der Waals surface area contributed by atoms with Gasteiger partial charge in [0, 0.05) is 0 Å². The van der Waals surface area contributed by atoms with Crippen LogP contribution < -0.4 is 5.32 Å². The van der Waals surface area contributed by atoms with Crippen molar-refractivity contribution < 1.29 is 28.3 Å². The van der Waals surface area contributed by atoms with Gasteiger partial charge in [-0.3, -0.25) is 9.36 Å². The highest BCUT2D eigenvalue weighted by Gasteiger charge is 2.30. The molecule has 0 heterocycles. The molecule has 1 unspecified atom stereocenters. The quantitative estimate of drug-likeness (QED) is 0.358. The zero-order valence-electron chi connectivity index (χ0n) is 11.3. The summed E-state index contributed by atoms with van der Waals surface area (Å²) in [4.78, 5) is 21.4. The van der Waals surface area contributed by atoms with Gasteiger partial charge in [0.2, 0.25) is 6.41 Å². The fraction of sp³-hybridized carbons (Fsp3) is 0.636. The Labute approximate surface area is 112 Å². The summed E-state index contributed by atoms with van der Waals surface area (Å²) in [5.74, 6) is -1.22. The molecule has 8 heteroatoms. The predicted molar refractivity (Wildman–Crippen MR) is 70.1 cm³/mol. The van der Waals surface area contributed by atoms with E-state index < -0.39 is 19.1 Å². The summed E-state index contributed by atoms with van der Waals surface area (Å²) < 4.78 is 22.2. The molecular weight excluding hydrogens is 273 g/mol. The lowest BCUT2D eigenvalue weighted by Crippen LogP contribution is -2.47. The first-order valence-electron chi connectivity index (χ1n) is 5.84. The Hall–Kier alpha value is -1.17. The molecule has 0 spiro atoms. The smallest absolute Gasteiger partial charge is 0.334 e. The minimum Gasteiger partial charge on any atom is -0.479 e. The van der Waals surface area contributed by atoms with Gasteiger partial charge in [-0.15, -0.1) is 0 Å². The summed E-state index contributed by atoms with van der Waals surface area (Å²) in [5, 5.41) is 11.2. The first-order valence-corrected chi connectivity index (χ1v) is 7.57. The van der Waals surface area contributed by atoms with Gasteiger partial charge in [0.25, 0.3) is 0 Å². The Balaban J connectivity index is 4.81. The van der Waals surface area contributed by atoms with Crippen LogP contribution in [0.5, 0.6) is 0 Å². The van der Waals surface area contributed by atoms with Crippen LogP contribution in [0.2, 0.25) is 0 Å². The van der Waals surface area contributed by atoms with Crippen molar-refractivity contribution >= 4 is 20.0 Å². The molecular formula is C11H20NO6P. The molecule has 0 aliphatic carbocycles. The molecule has 1 atom stereocenters. The Kier molecular flexibility index (Phi) is 7.59. The summed E-state index contributed by atoms with van der Waals surface area (Å²) in [6.45, 7) is 5.14. The SMILES string of the molecule is CCOP(=O)(C/C=C/C(C)(NC=O)C(=O)O)OCC. The summed E-state index contributed by atoms with van der Waals surface area (Å²) in [6, 6.07) is 0. The van der Waals surface area contributed by atoms with Crippen LogP contribution in [-0.2, 0) is 23.2 Å². The van der Waals surface area contributed by atoms with Crippen molar-refractivity contribution in [3.05, 3.63) is 12.2 Å². The maximum absolute atomic E-state index is 12.1. The van der Waals surface area contributed by atoms with Crippen LogP contribution in [0, 0.1) is 0 Å². The molecule has 19 heavy (non-hydrogen) atoms. The number of carbonyl (C=O) groups excluding carboxylic acids is 1.